The Morgan fingerprint density at radius 2 is 1.73 bits per heavy atom. The van der Waals surface area contributed by atoms with Gasteiger partial charge in [0.1, 0.15) is 0 Å². The molecule has 0 aliphatic carbocycles. The summed E-state index contributed by atoms with van der Waals surface area (Å²) in [5.74, 6) is 0.292. The molecule has 0 bridgehead atoms. The molecule has 0 aromatic heterocycles. The largest absolute Gasteiger partial charge is 3.00 e. The summed E-state index contributed by atoms with van der Waals surface area (Å²) in [4.78, 5) is 12.3. The van der Waals surface area contributed by atoms with Gasteiger partial charge in [0.2, 0.25) is 5.91 Å². The quantitative estimate of drug-likeness (QED) is 0.397. The van der Waals surface area contributed by atoms with Crippen molar-refractivity contribution in [2.45, 2.75) is 12.8 Å². The zero-order valence-electron chi connectivity index (χ0n) is 5.96. The van der Waals surface area contributed by atoms with E-state index >= 15 is 0 Å². The average molecular weight is 261 g/mol. The van der Waals surface area contributed by atoms with Crippen molar-refractivity contribution >= 4 is 5.91 Å². The maximum atomic E-state index is 10.5. The van der Waals surface area contributed by atoms with Crippen LogP contribution in [0.25, 0.3) is 0 Å². The van der Waals surface area contributed by atoms with Gasteiger partial charge in [-0.2, -0.15) is 0 Å². The van der Waals surface area contributed by atoms with Gasteiger partial charge in [0.15, 0.2) is 0 Å². The number of nitrogens with zero attached hydrogens (tertiary/aromatic N) is 1. The molecule has 0 N–H and O–H groups in total. The normalized spacial score (nSPS) is 13.5. The maximum absolute atomic E-state index is 10.5. The predicted octanol–water partition coefficient (Wildman–Crippen LogP) is -8.75. The number of rotatable bonds is 0. The first-order valence-corrected chi connectivity index (χ1v) is 2.54. The Labute approximate surface area is 96.2 Å². The minimum atomic E-state index is 0. The van der Waals surface area contributed by atoms with Crippen LogP contribution in [-0.4, -0.2) is 24.4 Å². The number of hydrogen-bond acceptors (Lipinski definition) is 1. The smallest absolute Gasteiger partial charge is 1.00 e. The molecule has 0 atom stereocenters. The fourth-order valence-electron chi connectivity index (χ4n) is 0.783. The summed E-state index contributed by atoms with van der Waals surface area (Å²) in [6.45, 7) is 0.957. The molecule has 1 fully saturated rings. The van der Waals surface area contributed by atoms with Crippen LogP contribution in [0.2, 0.25) is 0 Å². The first-order chi connectivity index (χ1) is 3.30. The van der Waals surface area contributed by atoms with Gasteiger partial charge in [0, 0.05) is 20.0 Å². The first kappa shape index (κ1) is 22.6. The zero-order chi connectivity index (χ0) is 5.28. The molecular formula is C5H9Cl3FeNO. The minimum Gasteiger partial charge on any atom is -1.00 e. The summed E-state index contributed by atoms with van der Waals surface area (Å²) in [6.07, 6.45) is 1.81. The number of likely N-dealkylation sites (tertiary alicyclic amines) is 1. The van der Waals surface area contributed by atoms with Crippen LogP contribution in [0.15, 0.2) is 0 Å². The van der Waals surface area contributed by atoms with Crippen molar-refractivity contribution in [2.24, 2.45) is 0 Å². The Bertz CT molecular complexity index is 104. The number of carbonyl (C=O) groups excluding carboxylic acids is 1. The van der Waals surface area contributed by atoms with Crippen molar-refractivity contribution in [3.8, 4) is 0 Å². The molecule has 1 aliphatic rings. The molecule has 69 valence electrons. The molecule has 1 radical (unpaired) electrons. The van der Waals surface area contributed by atoms with Crippen LogP contribution in [-0.2, 0) is 21.9 Å². The second-order valence-corrected chi connectivity index (χ2v) is 1.92. The average Bonchev–Trinajstić information content (AvgIpc) is 1.91. The van der Waals surface area contributed by atoms with Crippen molar-refractivity contribution in [1.82, 2.24) is 4.90 Å². The fourth-order valence-corrected chi connectivity index (χ4v) is 0.783. The summed E-state index contributed by atoms with van der Waals surface area (Å²) in [5.41, 5.74) is 0. The molecule has 11 heavy (non-hydrogen) atoms. The van der Waals surface area contributed by atoms with Crippen LogP contribution < -0.4 is 37.2 Å². The van der Waals surface area contributed by atoms with E-state index in [0.29, 0.717) is 5.91 Å². The van der Waals surface area contributed by atoms with Gasteiger partial charge < -0.3 is 42.1 Å². The zero-order valence-corrected chi connectivity index (χ0v) is 9.34. The van der Waals surface area contributed by atoms with Crippen molar-refractivity contribution < 1.29 is 59.1 Å². The van der Waals surface area contributed by atoms with Crippen LogP contribution in [0.5, 0.6) is 0 Å². The summed E-state index contributed by atoms with van der Waals surface area (Å²) in [7, 11) is 1.84. The van der Waals surface area contributed by atoms with E-state index in [0.717, 1.165) is 19.4 Å². The van der Waals surface area contributed by atoms with E-state index in [1.807, 2.05) is 7.05 Å². The predicted molar refractivity (Wildman–Crippen MR) is 26.9 cm³/mol. The molecule has 0 saturated carbocycles. The van der Waals surface area contributed by atoms with Crippen LogP contribution in [0.3, 0.4) is 0 Å². The van der Waals surface area contributed by atoms with E-state index in [1.54, 1.807) is 4.90 Å². The van der Waals surface area contributed by atoms with Gasteiger partial charge in [0.05, 0.1) is 0 Å². The van der Waals surface area contributed by atoms with Gasteiger partial charge in [0.25, 0.3) is 0 Å². The molecule has 6 heteroatoms. The molecule has 1 amide bonds. The summed E-state index contributed by atoms with van der Waals surface area (Å²) >= 11 is 0. The maximum Gasteiger partial charge on any atom is 3.00 e. The Morgan fingerprint density at radius 3 is 1.82 bits per heavy atom. The van der Waals surface area contributed by atoms with Crippen LogP contribution in [0.4, 0.5) is 0 Å². The summed E-state index contributed by atoms with van der Waals surface area (Å²) in [6, 6.07) is 0. The third-order valence-electron chi connectivity index (χ3n) is 1.31. The second-order valence-electron chi connectivity index (χ2n) is 1.92. The minimum absolute atomic E-state index is 0. The van der Waals surface area contributed by atoms with E-state index in [-0.39, 0.29) is 54.3 Å². The van der Waals surface area contributed by atoms with Gasteiger partial charge in [-0.05, 0) is 6.42 Å². The summed E-state index contributed by atoms with van der Waals surface area (Å²) in [5, 5.41) is 0. The second kappa shape index (κ2) is 10.9. The van der Waals surface area contributed by atoms with Gasteiger partial charge in [-0.15, -0.1) is 0 Å². The third kappa shape index (κ3) is 7.23. The van der Waals surface area contributed by atoms with Gasteiger partial charge in [-0.1, -0.05) is 0 Å². The van der Waals surface area contributed by atoms with E-state index in [2.05, 4.69) is 0 Å². The van der Waals surface area contributed by atoms with Crippen molar-refractivity contribution in [1.29, 1.82) is 0 Å². The third-order valence-corrected chi connectivity index (χ3v) is 1.31. The molecule has 1 saturated heterocycles. The molecule has 0 spiro atoms. The van der Waals surface area contributed by atoms with E-state index in [1.165, 1.54) is 0 Å². The monoisotopic (exact) mass is 260 g/mol. The SMILES string of the molecule is CN1CCCC1=O.[Cl-].[Cl-].[Cl-].[Fe+3]. The van der Waals surface area contributed by atoms with Gasteiger partial charge in [-0.25, -0.2) is 0 Å². The van der Waals surface area contributed by atoms with Gasteiger partial charge in [-0.3, -0.25) is 4.79 Å². The van der Waals surface area contributed by atoms with Gasteiger partial charge >= 0.3 is 17.1 Å². The van der Waals surface area contributed by atoms with E-state index < -0.39 is 0 Å². The van der Waals surface area contributed by atoms with E-state index in [4.69, 9.17) is 0 Å². The molecule has 1 rings (SSSR count). The molecule has 0 aromatic rings. The Kier molecular flexibility index (Phi) is 22.4. The van der Waals surface area contributed by atoms with Crippen molar-refractivity contribution in [2.75, 3.05) is 13.6 Å². The van der Waals surface area contributed by atoms with Crippen LogP contribution in [0, 0.1) is 0 Å². The van der Waals surface area contributed by atoms with Crippen LogP contribution >= 0.6 is 0 Å². The Balaban J connectivity index is -0.0000000612. The molecule has 1 aliphatic heterocycles. The number of amides is 1. The Morgan fingerprint density at radius 1 is 1.27 bits per heavy atom. The van der Waals surface area contributed by atoms with Crippen molar-refractivity contribution in [3.63, 3.8) is 0 Å². The molecule has 2 nitrogen and oxygen atoms in total. The molecule has 0 unspecified atom stereocenters. The molecule has 1 heterocycles. The number of hydrogen-bond donors (Lipinski definition) is 0. The fraction of sp³-hybridized carbons (Fsp3) is 0.800. The van der Waals surface area contributed by atoms with Crippen molar-refractivity contribution in [3.05, 3.63) is 0 Å². The number of carbonyl (C=O) groups is 1. The Hall–Kier alpha value is 0.859. The topological polar surface area (TPSA) is 20.3 Å². The number of halogens is 3. The van der Waals surface area contributed by atoms with Crippen LogP contribution in [0.1, 0.15) is 12.8 Å². The first-order valence-electron chi connectivity index (χ1n) is 2.54. The standard InChI is InChI=1S/C5H9NO.3ClH.Fe/c1-6-4-2-3-5(6)7;;;;/h2-4H2,1H3;3*1H;/q;;;;+3/p-3. The van der Waals surface area contributed by atoms with E-state index in [9.17, 15) is 4.79 Å². The molecular weight excluding hydrogens is 252 g/mol. The molecule has 0 aromatic carbocycles. The summed E-state index contributed by atoms with van der Waals surface area (Å²) < 4.78 is 0.